The molecule has 3 aromatic rings. The summed E-state index contributed by atoms with van der Waals surface area (Å²) in [7, 11) is 1.88. The zero-order valence-corrected chi connectivity index (χ0v) is 13.7. The number of alkyl halides is 2. The Morgan fingerprint density at radius 3 is 2.80 bits per heavy atom. The molecule has 0 spiro atoms. The Hall–Kier alpha value is -2.96. The van der Waals surface area contributed by atoms with Crippen LogP contribution in [-0.4, -0.2) is 22.1 Å². The number of fused-ring (bicyclic) bond motifs is 1. The lowest BCUT2D eigenvalue weighted by molar-refractivity contribution is -0.0499. The highest BCUT2D eigenvalue weighted by molar-refractivity contribution is 5.97. The SMILES string of the molecule is CC(NC(=O)c1ccc2c(c1)ncn2C)c1cccc(OC(F)F)c1. The maximum absolute atomic E-state index is 12.4. The minimum atomic E-state index is -2.88. The minimum absolute atomic E-state index is 0.0588. The molecular formula is C18H17F2N3O2. The van der Waals surface area contributed by atoms with E-state index in [-0.39, 0.29) is 17.7 Å². The van der Waals surface area contributed by atoms with Crippen molar-refractivity contribution >= 4 is 16.9 Å². The first-order chi connectivity index (χ1) is 11.9. The summed E-state index contributed by atoms with van der Waals surface area (Å²) in [4.78, 5) is 16.7. The lowest BCUT2D eigenvalue weighted by Gasteiger charge is -2.15. The third kappa shape index (κ3) is 3.76. The van der Waals surface area contributed by atoms with Crippen molar-refractivity contribution in [3.05, 3.63) is 59.9 Å². The molecule has 0 aliphatic carbocycles. The number of hydrogen-bond donors (Lipinski definition) is 1. The molecule has 0 saturated carbocycles. The monoisotopic (exact) mass is 345 g/mol. The van der Waals surface area contributed by atoms with Gasteiger partial charge >= 0.3 is 6.61 Å². The Kier molecular flexibility index (Phi) is 4.65. The molecule has 0 bridgehead atoms. The Morgan fingerprint density at radius 2 is 2.04 bits per heavy atom. The van der Waals surface area contributed by atoms with Crippen molar-refractivity contribution in [3.63, 3.8) is 0 Å². The van der Waals surface area contributed by atoms with Crippen LogP contribution in [0.5, 0.6) is 5.75 Å². The highest BCUT2D eigenvalue weighted by atomic mass is 19.3. The van der Waals surface area contributed by atoms with Crippen LogP contribution in [0.3, 0.4) is 0 Å². The van der Waals surface area contributed by atoms with E-state index < -0.39 is 6.61 Å². The van der Waals surface area contributed by atoms with Gasteiger partial charge in [-0.05, 0) is 42.8 Å². The number of halogens is 2. The summed E-state index contributed by atoms with van der Waals surface area (Å²) in [5, 5.41) is 2.85. The van der Waals surface area contributed by atoms with E-state index >= 15 is 0 Å². The first-order valence-corrected chi connectivity index (χ1v) is 7.71. The molecule has 1 atom stereocenters. The zero-order valence-electron chi connectivity index (χ0n) is 13.7. The van der Waals surface area contributed by atoms with Gasteiger partial charge in [-0.25, -0.2) is 4.98 Å². The van der Waals surface area contributed by atoms with E-state index in [9.17, 15) is 13.6 Å². The fourth-order valence-electron chi connectivity index (χ4n) is 2.60. The molecule has 1 aromatic heterocycles. The lowest BCUT2D eigenvalue weighted by Crippen LogP contribution is -2.26. The second kappa shape index (κ2) is 6.88. The van der Waals surface area contributed by atoms with Crippen molar-refractivity contribution in [1.29, 1.82) is 0 Å². The number of benzene rings is 2. The molecule has 0 radical (unpaired) electrons. The molecule has 130 valence electrons. The molecule has 0 aliphatic rings. The quantitative estimate of drug-likeness (QED) is 0.768. The lowest BCUT2D eigenvalue weighted by atomic mass is 10.1. The van der Waals surface area contributed by atoms with Gasteiger partial charge in [0.25, 0.3) is 5.91 Å². The number of carbonyl (C=O) groups excluding carboxylic acids is 1. The summed E-state index contributed by atoms with van der Waals surface area (Å²) in [5.74, 6) is -0.205. The van der Waals surface area contributed by atoms with Gasteiger partial charge in [0.1, 0.15) is 5.75 Å². The molecule has 0 aliphatic heterocycles. The molecule has 0 fully saturated rings. The van der Waals surface area contributed by atoms with Gasteiger partial charge in [-0.15, -0.1) is 0 Å². The minimum Gasteiger partial charge on any atom is -0.435 e. The molecule has 0 saturated heterocycles. The normalized spacial score (nSPS) is 12.4. The summed E-state index contributed by atoms with van der Waals surface area (Å²) in [6.45, 7) is -1.11. The first-order valence-electron chi connectivity index (χ1n) is 7.71. The highest BCUT2D eigenvalue weighted by Gasteiger charge is 2.14. The predicted octanol–water partition coefficient (Wildman–Crippen LogP) is 3.67. The summed E-state index contributed by atoms with van der Waals surface area (Å²) in [6.07, 6.45) is 1.68. The van der Waals surface area contributed by atoms with Crippen LogP contribution < -0.4 is 10.1 Å². The third-order valence-corrected chi connectivity index (χ3v) is 3.92. The van der Waals surface area contributed by atoms with E-state index in [1.54, 1.807) is 37.5 Å². The van der Waals surface area contributed by atoms with Gasteiger partial charge in [-0.2, -0.15) is 8.78 Å². The second-order valence-corrected chi connectivity index (χ2v) is 5.71. The van der Waals surface area contributed by atoms with Gasteiger partial charge in [-0.3, -0.25) is 4.79 Å². The smallest absolute Gasteiger partial charge is 0.387 e. The second-order valence-electron chi connectivity index (χ2n) is 5.71. The summed E-state index contributed by atoms with van der Waals surface area (Å²) < 4.78 is 30.9. The molecule has 3 rings (SSSR count). The number of nitrogens with zero attached hydrogens (tertiary/aromatic N) is 2. The average Bonchev–Trinajstić information content (AvgIpc) is 2.95. The number of carbonyl (C=O) groups is 1. The van der Waals surface area contributed by atoms with E-state index in [0.717, 1.165) is 11.0 Å². The molecular weight excluding hydrogens is 328 g/mol. The summed E-state index contributed by atoms with van der Waals surface area (Å²) in [6, 6.07) is 11.2. The number of rotatable bonds is 5. The highest BCUT2D eigenvalue weighted by Crippen LogP contribution is 2.21. The Balaban J connectivity index is 1.75. The van der Waals surface area contributed by atoms with Crippen LogP contribution in [0.4, 0.5) is 8.78 Å². The largest absolute Gasteiger partial charge is 0.435 e. The molecule has 5 nitrogen and oxygen atoms in total. The molecule has 25 heavy (non-hydrogen) atoms. The predicted molar refractivity (Wildman–Crippen MR) is 89.7 cm³/mol. The summed E-state index contributed by atoms with van der Waals surface area (Å²) in [5.41, 5.74) is 2.82. The number of hydrogen-bond acceptors (Lipinski definition) is 3. The van der Waals surface area contributed by atoms with E-state index in [1.165, 1.54) is 12.1 Å². The molecule has 2 aromatic carbocycles. The number of ether oxygens (including phenoxy) is 1. The molecule has 1 N–H and O–H groups in total. The van der Waals surface area contributed by atoms with Crippen molar-refractivity contribution < 1.29 is 18.3 Å². The summed E-state index contributed by atoms with van der Waals surface area (Å²) >= 11 is 0. The fourth-order valence-corrected chi connectivity index (χ4v) is 2.60. The van der Waals surface area contributed by atoms with Gasteiger partial charge in [-0.1, -0.05) is 12.1 Å². The number of aryl methyl sites for hydroxylation is 1. The molecule has 7 heteroatoms. The molecule has 1 heterocycles. The first kappa shape index (κ1) is 16.9. The van der Waals surface area contributed by atoms with Crippen LogP contribution in [0.1, 0.15) is 28.9 Å². The van der Waals surface area contributed by atoms with Gasteiger partial charge in [0, 0.05) is 12.6 Å². The van der Waals surface area contributed by atoms with Crippen molar-refractivity contribution in [2.75, 3.05) is 0 Å². The third-order valence-electron chi connectivity index (χ3n) is 3.92. The van der Waals surface area contributed by atoms with Crippen LogP contribution in [0.25, 0.3) is 11.0 Å². The maximum atomic E-state index is 12.4. The zero-order chi connectivity index (χ0) is 18.0. The number of nitrogens with one attached hydrogen (secondary N) is 1. The topological polar surface area (TPSA) is 56.2 Å². The van der Waals surface area contributed by atoms with Crippen molar-refractivity contribution in [2.24, 2.45) is 7.05 Å². The van der Waals surface area contributed by atoms with Gasteiger partial charge in [0.15, 0.2) is 0 Å². The van der Waals surface area contributed by atoms with Crippen LogP contribution in [-0.2, 0) is 7.05 Å². The van der Waals surface area contributed by atoms with E-state index in [0.29, 0.717) is 11.1 Å². The van der Waals surface area contributed by atoms with Gasteiger partial charge in [0.2, 0.25) is 0 Å². The number of amides is 1. The van der Waals surface area contributed by atoms with E-state index in [4.69, 9.17) is 0 Å². The Bertz CT molecular complexity index is 908. The van der Waals surface area contributed by atoms with Crippen LogP contribution in [0.15, 0.2) is 48.8 Å². The van der Waals surface area contributed by atoms with E-state index in [1.807, 2.05) is 17.7 Å². The van der Waals surface area contributed by atoms with Crippen molar-refractivity contribution in [2.45, 2.75) is 19.6 Å². The Labute approximate surface area is 143 Å². The van der Waals surface area contributed by atoms with Crippen LogP contribution in [0, 0.1) is 0 Å². The van der Waals surface area contributed by atoms with Crippen molar-refractivity contribution in [3.8, 4) is 5.75 Å². The standard InChI is InChI=1S/C18H17F2N3O2/c1-11(12-4-3-5-14(8-12)25-18(19)20)22-17(24)13-6-7-16-15(9-13)21-10-23(16)2/h3-11,18H,1-2H3,(H,22,24). The van der Waals surface area contributed by atoms with Gasteiger partial charge < -0.3 is 14.6 Å². The average molecular weight is 345 g/mol. The van der Waals surface area contributed by atoms with Gasteiger partial charge in [0.05, 0.1) is 23.4 Å². The fraction of sp³-hybridized carbons (Fsp3) is 0.222. The van der Waals surface area contributed by atoms with Crippen molar-refractivity contribution in [1.82, 2.24) is 14.9 Å². The number of aromatic nitrogens is 2. The van der Waals surface area contributed by atoms with Crippen LogP contribution >= 0.6 is 0 Å². The molecule has 1 unspecified atom stereocenters. The van der Waals surface area contributed by atoms with E-state index in [2.05, 4.69) is 15.0 Å². The van der Waals surface area contributed by atoms with Crippen LogP contribution in [0.2, 0.25) is 0 Å². The molecule has 1 amide bonds. The number of imidazole rings is 1. The maximum Gasteiger partial charge on any atom is 0.387 e. The Morgan fingerprint density at radius 1 is 1.24 bits per heavy atom.